The molecular weight excluding hydrogens is 550 g/mol. The van der Waals surface area contributed by atoms with Crippen molar-refractivity contribution < 1.29 is 22.7 Å². The molecule has 0 bridgehead atoms. The molecule has 3 aromatic carbocycles. The van der Waals surface area contributed by atoms with Gasteiger partial charge in [-0.2, -0.15) is 19.8 Å². The minimum absolute atomic E-state index is 0.0175. The van der Waals surface area contributed by atoms with Gasteiger partial charge >= 0.3 is 5.97 Å². The number of esters is 1. The van der Waals surface area contributed by atoms with E-state index >= 15 is 0 Å². The number of fused-ring (bicyclic) bond motifs is 3. The molecule has 1 aromatic heterocycles. The summed E-state index contributed by atoms with van der Waals surface area (Å²) >= 11 is 1.28. The topological polar surface area (TPSA) is 146 Å². The van der Waals surface area contributed by atoms with Gasteiger partial charge in [0.15, 0.2) is 4.80 Å². The van der Waals surface area contributed by atoms with Crippen LogP contribution in [0.4, 0.5) is 0 Å². The van der Waals surface area contributed by atoms with Gasteiger partial charge in [0.2, 0.25) is 10.0 Å². The fourth-order valence-electron chi connectivity index (χ4n) is 4.14. The van der Waals surface area contributed by atoms with Gasteiger partial charge in [-0.3, -0.25) is 9.59 Å². The van der Waals surface area contributed by atoms with Crippen LogP contribution in [0.5, 0.6) is 0 Å². The van der Waals surface area contributed by atoms with Gasteiger partial charge in [-0.25, -0.2) is 8.42 Å². The smallest absolute Gasteiger partial charge is 0.326 e. The molecule has 0 spiro atoms. The van der Waals surface area contributed by atoms with Crippen LogP contribution in [0.3, 0.4) is 0 Å². The molecular formula is C28H25N5O5S2. The summed E-state index contributed by atoms with van der Waals surface area (Å²) in [4.78, 5) is 30.1. The Balaban J connectivity index is 1.72. The van der Waals surface area contributed by atoms with Crippen molar-refractivity contribution in [2.75, 3.05) is 19.7 Å². The van der Waals surface area contributed by atoms with E-state index in [0.29, 0.717) is 4.80 Å². The Morgan fingerprint density at radius 3 is 2.33 bits per heavy atom. The Morgan fingerprint density at radius 2 is 1.68 bits per heavy atom. The van der Waals surface area contributed by atoms with Crippen LogP contribution >= 0.6 is 11.3 Å². The maximum atomic E-state index is 13.2. The quantitative estimate of drug-likeness (QED) is 0.260. The van der Waals surface area contributed by atoms with Crippen molar-refractivity contribution in [1.29, 1.82) is 10.5 Å². The van der Waals surface area contributed by atoms with Gasteiger partial charge in [-0.15, -0.1) is 0 Å². The fraction of sp³-hybridized carbons (Fsp3) is 0.250. The Hall–Kier alpha value is -4.36. The number of ether oxygens (including phenoxy) is 1. The zero-order valence-electron chi connectivity index (χ0n) is 21.6. The highest BCUT2D eigenvalue weighted by atomic mass is 32.2. The maximum Gasteiger partial charge on any atom is 0.326 e. The van der Waals surface area contributed by atoms with Crippen molar-refractivity contribution >= 4 is 54.2 Å². The number of amides is 1. The molecule has 0 N–H and O–H groups in total. The number of aromatic nitrogens is 1. The number of sulfonamides is 1. The van der Waals surface area contributed by atoms with Crippen LogP contribution in [0.2, 0.25) is 0 Å². The van der Waals surface area contributed by atoms with Crippen molar-refractivity contribution in [3.8, 4) is 12.1 Å². The molecule has 40 heavy (non-hydrogen) atoms. The van der Waals surface area contributed by atoms with Crippen molar-refractivity contribution in [1.82, 2.24) is 8.87 Å². The lowest BCUT2D eigenvalue weighted by Gasteiger charge is -2.20. The third-order valence-electron chi connectivity index (χ3n) is 6.05. The van der Waals surface area contributed by atoms with E-state index in [-0.39, 0.29) is 49.5 Å². The molecule has 0 atom stereocenters. The molecule has 4 aromatic rings. The second kappa shape index (κ2) is 12.7. The van der Waals surface area contributed by atoms with Crippen molar-refractivity contribution in [3.63, 3.8) is 0 Å². The van der Waals surface area contributed by atoms with E-state index in [2.05, 4.69) is 4.99 Å². The minimum atomic E-state index is -3.97. The van der Waals surface area contributed by atoms with Crippen LogP contribution in [0.1, 0.15) is 30.1 Å². The maximum absolute atomic E-state index is 13.2. The van der Waals surface area contributed by atoms with E-state index in [1.807, 2.05) is 48.5 Å². The summed E-state index contributed by atoms with van der Waals surface area (Å²) in [6.07, 6.45) is -0.0350. The Morgan fingerprint density at radius 1 is 1.00 bits per heavy atom. The van der Waals surface area contributed by atoms with Crippen LogP contribution in [0, 0.1) is 22.7 Å². The second-order valence-electron chi connectivity index (χ2n) is 8.57. The Kier molecular flexibility index (Phi) is 9.07. The molecule has 0 fully saturated rings. The molecule has 0 unspecified atom stereocenters. The molecule has 204 valence electrons. The number of nitrogens with zero attached hydrogens (tertiary/aromatic N) is 5. The highest BCUT2D eigenvalue weighted by Crippen LogP contribution is 2.28. The number of hydrogen-bond donors (Lipinski definition) is 0. The summed E-state index contributed by atoms with van der Waals surface area (Å²) in [5, 5.41) is 19.7. The van der Waals surface area contributed by atoms with E-state index in [1.54, 1.807) is 11.5 Å². The molecule has 0 radical (unpaired) electrons. The van der Waals surface area contributed by atoms with Gasteiger partial charge in [-0.1, -0.05) is 41.7 Å². The Bertz CT molecular complexity index is 1810. The summed E-state index contributed by atoms with van der Waals surface area (Å²) in [5.41, 5.74) is 0.893. The largest absolute Gasteiger partial charge is 0.465 e. The third kappa shape index (κ3) is 6.10. The number of nitriles is 2. The zero-order chi connectivity index (χ0) is 28.7. The van der Waals surface area contributed by atoms with Crippen LogP contribution in [0.25, 0.3) is 21.0 Å². The highest BCUT2D eigenvalue weighted by Gasteiger charge is 2.24. The molecule has 0 saturated heterocycles. The van der Waals surface area contributed by atoms with E-state index in [0.717, 1.165) is 25.3 Å². The average molecular weight is 576 g/mol. The van der Waals surface area contributed by atoms with Crippen molar-refractivity contribution in [2.45, 2.75) is 31.2 Å². The number of benzene rings is 3. The summed E-state index contributed by atoms with van der Waals surface area (Å²) in [7, 11) is -3.97. The predicted octanol–water partition coefficient (Wildman–Crippen LogP) is 3.98. The van der Waals surface area contributed by atoms with Crippen LogP contribution < -0.4 is 4.80 Å². The normalized spacial score (nSPS) is 11.9. The van der Waals surface area contributed by atoms with E-state index in [9.17, 15) is 18.0 Å². The van der Waals surface area contributed by atoms with Crippen molar-refractivity contribution in [2.24, 2.45) is 4.99 Å². The Labute approximate surface area is 235 Å². The van der Waals surface area contributed by atoms with E-state index in [4.69, 9.17) is 15.3 Å². The van der Waals surface area contributed by atoms with E-state index in [1.165, 1.54) is 35.6 Å². The van der Waals surface area contributed by atoms with Crippen LogP contribution in [-0.2, 0) is 26.1 Å². The number of carbonyl (C=O) groups is 2. The molecule has 12 heteroatoms. The number of carbonyl (C=O) groups excluding carboxylic acids is 2. The molecule has 1 heterocycles. The molecule has 1 amide bonds. The van der Waals surface area contributed by atoms with Gasteiger partial charge in [0, 0.05) is 36.9 Å². The first-order valence-electron chi connectivity index (χ1n) is 12.4. The van der Waals surface area contributed by atoms with E-state index < -0.39 is 21.9 Å². The molecule has 10 nitrogen and oxygen atoms in total. The first-order chi connectivity index (χ1) is 19.3. The third-order valence-corrected chi connectivity index (χ3v) is 9.09. The van der Waals surface area contributed by atoms with Gasteiger partial charge in [0.05, 0.1) is 33.9 Å². The molecule has 0 aliphatic heterocycles. The van der Waals surface area contributed by atoms with Crippen LogP contribution in [0.15, 0.2) is 70.6 Å². The molecule has 0 saturated carbocycles. The lowest BCUT2D eigenvalue weighted by Crippen LogP contribution is -2.32. The van der Waals surface area contributed by atoms with Gasteiger partial charge in [0.1, 0.15) is 6.54 Å². The minimum Gasteiger partial charge on any atom is -0.465 e. The number of rotatable bonds is 10. The average Bonchev–Trinajstić information content (AvgIpc) is 3.30. The summed E-state index contributed by atoms with van der Waals surface area (Å²) in [5.74, 6) is -1.07. The predicted molar refractivity (Wildman–Crippen MR) is 150 cm³/mol. The molecule has 0 aliphatic carbocycles. The lowest BCUT2D eigenvalue weighted by molar-refractivity contribution is -0.143. The summed E-state index contributed by atoms with van der Waals surface area (Å²) in [6, 6.07) is 20.7. The SMILES string of the molecule is CCOC(=O)Cn1c(=NC(=O)c2ccc(S(=O)(=O)N(CCC#N)CCC#N)cc2)sc2c3ccccc3ccc21. The van der Waals surface area contributed by atoms with Crippen molar-refractivity contribution in [3.05, 3.63) is 71.0 Å². The number of hydrogen-bond acceptors (Lipinski definition) is 8. The van der Waals surface area contributed by atoms with Gasteiger partial charge in [-0.05, 0) is 42.6 Å². The summed E-state index contributed by atoms with van der Waals surface area (Å²) < 4.78 is 34.9. The number of thiazole rings is 1. The second-order valence-corrected chi connectivity index (χ2v) is 11.5. The zero-order valence-corrected chi connectivity index (χ0v) is 23.2. The first kappa shape index (κ1) is 28.6. The summed E-state index contributed by atoms with van der Waals surface area (Å²) in [6.45, 7) is 1.72. The van der Waals surface area contributed by atoms with Gasteiger partial charge < -0.3 is 9.30 Å². The molecule has 0 aliphatic rings. The lowest BCUT2D eigenvalue weighted by atomic mass is 10.1. The highest BCUT2D eigenvalue weighted by molar-refractivity contribution is 7.89. The van der Waals surface area contributed by atoms with Gasteiger partial charge in [0.25, 0.3) is 5.91 Å². The first-order valence-corrected chi connectivity index (χ1v) is 14.7. The molecule has 4 rings (SSSR count). The standard InChI is InChI=1S/C28H25N5O5S2/c1-2-38-25(34)19-33-24-14-11-20-7-3-4-8-23(20)26(24)39-28(33)31-27(35)21-9-12-22(13-10-21)40(36,37)32(17-5-15-29)18-6-16-30/h3-4,7-14H,2,5-6,17-19H2,1H3. The van der Waals surface area contributed by atoms with Crippen LogP contribution in [-0.4, -0.2) is 48.9 Å². The monoisotopic (exact) mass is 575 g/mol. The fourth-order valence-corrected chi connectivity index (χ4v) is 6.75.